The maximum atomic E-state index is 11.7. The molecule has 0 radical (unpaired) electrons. The van der Waals surface area contributed by atoms with E-state index in [9.17, 15) is 9.90 Å². The average Bonchev–Trinajstić information content (AvgIpc) is 3.11. The van der Waals surface area contributed by atoms with Crippen molar-refractivity contribution in [2.24, 2.45) is 4.99 Å². The Balaban J connectivity index is 2.00. The van der Waals surface area contributed by atoms with Gasteiger partial charge in [-0.25, -0.2) is 4.99 Å². The van der Waals surface area contributed by atoms with E-state index < -0.39 is 11.4 Å². The molecule has 0 bridgehead atoms. The third-order valence-electron chi connectivity index (χ3n) is 4.11. The molecule has 0 aromatic heterocycles. The van der Waals surface area contributed by atoms with Gasteiger partial charge in [0.15, 0.2) is 0 Å². The van der Waals surface area contributed by atoms with Gasteiger partial charge in [0.05, 0.1) is 12.0 Å². The number of rotatable bonds is 3. The molecule has 1 aromatic carbocycles. The second-order valence-corrected chi connectivity index (χ2v) is 5.21. The number of ether oxygens (including phenoxy) is 1. The molecule has 0 spiro atoms. The van der Waals surface area contributed by atoms with E-state index in [1.54, 1.807) is 0 Å². The number of aliphatic imine (C=N–C) groups is 1. The minimum atomic E-state index is -0.713. The molecule has 1 N–H and O–H groups in total. The third-order valence-corrected chi connectivity index (χ3v) is 4.11. The molecule has 1 aromatic rings. The van der Waals surface area contributed by atoms with Crippen molar-refractivity contribution in [1.29, 1.82) is 0 Å². The lowest BCUT2D eigenvalue weighted by Crippen LogP contribution is -2.32. The Morgan fingerprint density at radius 3 is 2.74 bits per heavy atom. The summed E-state index contributed by atoms with van der Waals surface area (Å²) >= 11 is 0. The van der Waals surface area contributed by atoms with E-state index in [0.29, 0.717) is 19.0 Å². The quantitative estimate of drug-likeness (QED) is 0.906. The van der Waals surface area contributed by atoms with Crippen LogP contribution in [-0.4, -0.2) is 30.1 Å². The molecule has 1 saturated carbocycles. The lowest BCUT2D eigenvalue weighted by Gasteiger charge is -2.24. The topological polar surface area (TPSA) is 58.9 Å². The summed E-state index contributed by atoms with van der Waals surface area (Å²) < 4.78 is 5.45. The molecule has 4 nitrogen and oxygen atoms in total. The van der Waals surface area contributed by atoms with Crippen LogP contribution in [0.15, 0.2) is 29.3 Å². The Labute approximate surface area is 112 Å². The van der Waals surface area contributed by atoms with Crippen molar-refractivity contribution in [2.45, 2.75) is 31.1 Å². The molecule has 1 aliphatic heterocycles. The fourth-order valence-corrected chi connectivity index (χ4v) is 3.06. The molecule has 1 fully saturated rings. The van der Waals surface area contributed by atoms with Crippen LogP contribution in [0.1, 0.15) is 36.8 Å². The molecule has 100 valence electrons. The molecule has 19 heavy (non-hydrogen) atoms. The van der Waals surface area contributed by atoms with Crippen LogP contribution in [0.2, 0.25) is 0 Å². The molecular formula is C15H17NO3. The Morgan fingerprint density at radius 2 is 2.11 bits per heavy atom. The van der Waals surface area contributed by atoms with E-state index in [4.69, 9.17) is 4.74 Å². The largest absolute Gasteiger partial charge is 0.481 e. The Hall–Kier alpha value is -1.84. The second kappa shape index (κ2) is 4.68. The summed E-state index contributed by atoms with van der Waals surface area (Å²) in [5.74, 6) is -0.0724. The summed E-state index contributed by atoms with van der Waals surface area (Å²) in [5, 5.41) is 9.61. The van der Waals surface area contributed by atoms with Crippen molar-refractivity contribution in [1.82, 2.24) is 0 Å². The van der Waals surface area contributed by atoms with E-state index in [1.807, 2.05) is 24.3 Å². The number of benzene rings is 1. The molecule has 0 atom stereocenters. The van der Waals surface area contributed by atoms with E-state index in [-0.39, 0.29) is 0 Å². The molecule has 4 heteroatoms. The molecule has 1 aliphatic carbocycles. The smallest absolute Gasteiger partial charge is 0.314 e. The van der Waals surface area contributed by atoms with Crippen LogP contribution in [-0.2, 0) is 14.9 Å². The number of carboxylic acids is 1. The van der Waals surface area contributed by atoms with E-state index in [2.05, 4.69) is 4.99 Å². The van der Waals surface area contributed by atoms with Gasteiger partial charge in [0.25, 0.3) is 0 Å². The Kier molecular flexibility index (Phi) is 3.01. The van der Waals surface area contributed by atoms with Gasteiger partial charge in [-0.05, 0) is 30.5 Å². The molecule has 0 saturated heterocycles. The van der Waals surface area contributed by atoms with Crippen molar-refractivity contribution in [2.75, 3.05) is 13.2 Å². The van der Waals surface area contributed by atoms with Crippen LogP contribution in [0.4, 0.5) is 0 Å². The van der Waals surface area contributed by atoms with Gasteiger partial charge in [0.2, 0.25) is 5.90 Å². The maximum absolute atomic E-state index is 11.7. The van der Waals surface area contributed by atoms with Gasteiger partial charge in [-0.1, -0.05) is 25.0 Å². The Morgan fingerprint density at radius 1 is 1.32 bits per heavy atom. The van der Waals surface area contributed by atoms with Crippen molar-refractivity contribution in [3.8, 4) is 0 Å². The zero-order valence-electron chi connectivity index (χ0n) is 10.8. The number of hydrogen-bond acceptors (Lipinski definition) is 3. The average molecular weight is 259 g/mol. The molecule has 0 amide bonds. The van der Waals surface area contributed by atoms with Gasteiger partial charge in [-0.2, -0.15) is 0 Å². The van der Waals surface area contributed by atoms with Gasteiger partial charge >= 0.3 is 5.97 Å². The number of aliphatic carboxylic acids is 1. The highest BCUT2D eigenvalue weighted by molar-refractivity contribution is 5.95. The summed E-state index contributed by atoms with van der Waals surface area (Å²) in [7, 11) is 0. The van der Waals surface area contributed by atoms with Crippen LogP contribution in [0.25, 0.3) is 0 Å². The van der Waals surface area contributed by atoms with E-state index >= 15 is 0 Å². The van der Waals surface area contributed by atoms with E-state index in [0.717, 1.165) is 36.8 Å². The number of nitrogens with zero attached hydrogens (tertiary/aromatic N) is 1. The number of hydrogen-bond donors (Lipinski definition) is 1. The van der Waals surface area contributed by atoms with Crippen molar-refractivity contribution >= 4 is 11.9 Å². The highest BCUT2D eigenvalue weighted by atomic mass is 16.5. The molecule has 1 heterocycles. The first-order valence-electron chi connectivity index (χ1n) is 6.74. The zero-order valence-corrected chi connectivity index (χ0v) is 10.8. The van der Waals surface area contributed by atoms with Gasteiger partial charge in [-0.15, -0.1) is 0 Å². The van der Waals surface area contributed by atoms with Crippen LogP contribution >= 0.6 is 0 Å². The minimum Gasteiger partial charge on any atom is -0.481 e. The molecule has 0 unspecified atom stereocenters. The molecular weight excluding hydrogens is 242 g/mol. The maximum Gasteiger partial charge on any atom is 0.314 e. The van der Waals surface area contributed by atoms with Crippen molar-refractivity contribution < 1.29 is 14.6 Å². The van der Waals surface area contributed by atoms with Gasteiger partial charge in [-0.3, -0.25) is 4.79 Å². The lowest BCUT2D eigenvalue weighted by atomic mass is 9.78. The summed E-state index contributed by atoms with van der Waals surface area (Å²) in [6, 6.07) is 7.68. The predicted octanol–water partition coefficient (Wildman–Crippen LogP) is 2.36. The number of carboxylic acid groups (broad SMARTS) is 1. The van der Waals surface area contributed by atoms with Crippen LogP contribution < -0.4 is 0 Å². The summed E-state index contributed by atoms with van der Waals surface area (Å²) in [5.41, 5.74) is 1.06. The summed E-state index contributed by atoms with van der Waals surface area (Å²) in [4.78, 5) is 16.0. The fraction of sp³-hybridized carbons (Fsp3) is 0.467. The standard InChI is InChI=1S/C15H17NO3/c17-14(18)15(6-1-2-7-15)12-5-3-4-11(10-12)13-16-8-9-19-13/h3-5,10H,1-2,6-9H2,(H,17,18). The predicted molar refractivity (Wildman–Crippen MR) is 71.6 cm³/mol. The Bertz CT molecular complexity index is 530. The zero-order chi connectivity index (χ0) is 13.3. The van der Waals surface area contributed by atoms with Crippen LogP contribution in [0.3, 0.4) is 0 Å². The van der Waals surface area contributed by atoms with Gasteiger partial charge in [0.1, 0.15) is 6.61 Å². The van der Waals surface area contributed by atoms with Gasteiger partial charge in [0, 0.05) is 5.56 Å². The third kappa shape index (κ3) is 2.01. The highest BCUT2D eigenvalue weighted by Gasteiger charge is 2.43. The molecule has 2 aliphatic rings. The van der Waals surface area contributed by atoms with Crippen LogP contribution in [0, 0.1) is 0 Å². The minimum absolute atomic E-state index is 0.615. The van der Waals surface area contributed by atoms with Crippen LogP contribution in [0.5, 0.6) is 0 Å². The van der Waals surface area contributed by atoms with Crippen molar-refractivity contribution in [3.63, 3.8) is 0 Å². The fourth-order valence-electron chi connectivity index (χ4n) is 3.06. The first-order valence-corrected chi connectivity index (χ1v) is 6.74. The second-order valence-electron chi connectivity index (χ2n) is 5.21. The lowest BCUT2D eigenvalue weighted by molar-refractivity contribution is -0.143. The normalized spacial score (nSPS) is 20.9. The van der Waals surface area contributed by atoms with E-state index in [1.165, 1.54) is 0 Å². The number of carbonyl (C=O) groups is 1. The first kappa shape index (κ1) is 12.2. The summed E-state index contributed by atoms with van der Waals surface area (Å²) in [6.45, 7) is 1.30. The highest BCUT2D eigenvalue weighted by Crippen LogP contribution is 2.41. The molecule has 3 rings (SSSR count). The summed E-state index contributed by atoms with van der Waals surface area (Å²) in [6.07, 6.45) is 3.40. The first-order chi connectivity index (χ1) is 9.22. The van der Waals surface area contributed by atoms with Crippen molar-refractivity contribution in [3.05, 3.63) is 35.4 Å². The monoisotopic (exact) mass is 259 g/mol. The SMILES string of the molecule is O=C(O)C1(c2cccc(C3=NCCO3)c2)CCCC1. The van der Waals surface area contributed by atoms with Gasteiger partial charge < -0.3 is 9.84 Å².